The Morgan fingerprint density at radius 2 is 2.22 bits per heavy atom. The van der Waals surface area contributed by atoms with Crippen LogP contribution in [-0.4, -0.2) is 4.98 Å². The zero-order chi connectivity index (χ0) is 6.85. The molecule has 0 aliphatic rings. The van der Waals surface area contributed by atoms with Gasteiger partial charge in [-0.2, -0.15) is 0 Å². The van der Waals surface area contributed by atoms with Gasteiger partial charge in [-0.15, -0.1) is 11.3 Å². The van der Waals surface area contributed by atoms with Crippen molar-refractivity contribution in [3.63, 3.8) is 0 Å². The molecule has 0 unspecified atom stereocenters. The summed E-state index contributed by atoms with van der Waals surface area (Å²) < 4.78 is 0. The number of thiazole rings is 1. The minimum atomic E-state index is 1.02. The minimum absolute atomic E-state index is 1.02. The summed E-state index contributed by atoms with van der Waals surface area (Å²) in [7, 11) is 0. The molecule has 0 N–H and O–H groups in total. The van der Waals surface area contributed by atoms with Gasteiger partial charge in [0.1, 0.15) is 5.01 Å². The summed E-state index contributed by atoms with van der Waals surface area (Å²) in [6, 6.07) is 0. The second-order valence-corrected chi connectivity index (χ2v) is 3.13. The maximum Gasteiger partial charge on any atom is 0.115 e. The van der Waals surface area contributed by atoms with E-state index in [1.807, 2.05) is 6.92 Å². The van der Waals surface area contributed by atoms with E-state index in [1.54, 1.807) is 17.4 Å². The number of hydrogen-bond donors (Lipinski definition) is 0. The van der Waals surface area contributed by atoms with Crippen LogP contribution in [0.2, 0.25) is 0 Å². The molecule has 0 saturated carbocycles. The molecule has 0 bridgehead atoms. The van der Waals surface area contributed by atoms with E-state index in [-0.39, 0.29) is 0 Å². The molecule has 1 nitrogen and oxygen atoms in total. The van der Waals surface area contributed by atoms with Crippen molar-refractivity contribution >= 4 is 17.4 Å². The van der Waals surface area contributed by atoms with Crippen molar-refractivity contribution in [2.24, 2.45) is 0 Å². The molecule has 9 heavy (non-hydrogen) atoms. The minimum Gasteiger partial charge on any atom is -0.242 e. The lowest BCUT2D eigenvalue weighted by molar-refractivity contribution is 1.22. The van der Waals surface area contributed by atoms with Crippen molar-refractivity contribution in [2.45, 2.75) is 13.8 Å². The Morgan fingerprint density at radius 3 is 2.44 bits per heavy atom. The Balaban J connectivity index is 3.11. The summed E-state index contributed by atoms with van der Waals surface area (Å²) >= 11 is 1.69. The van der Waals surface area contributed by atoms with E-state index in [4.69, 9.17) is 0 Å². The molecule has 1 rings (SSSR count). The quantitative estimate of drug-likeness (QED) is 0.582. The Bertz CT molecular complexity index is 205. The van der Waals surface area contributed by atoms with Crippen LogP contribution >= 0.6 is 11.3 Å². The fourth-order valence-electron chi connectivity index (χ4n) is 0.585. The van der Waals surface area contributed by atoms with Gasteiger partial charge in [0.05, 0.1) is 5.69 Å². The molecule has 1 aromatic heterocycles. The van der Waals surface area contributed by atoms with Gasteiger partial charge in [-0.3, -0.25) is 0 Å². The molecule has 0 atom stereocenters. The van der Waals surface area contributed by atoms with Crippen LogP contribution < -0.4 is 0 Å². The molecule has 0 radical (unpaired) electrons. The van der Waals surface area contributed by atoms with Crippen LogP contribution in [0.15, 0.2) is 6.58 Å². The van der Waals surface area contributed by atoms with Crippen LogP contribution in [0.25, 0.3) is 6.08 Å². The first-order valence-corrected chi connectivity index (χ1v) is 3.62. The molecule has 1 heterocycles. The van der Waals surface area contributed by atoms with Crippen molar-refractivity contribution in [1.29, 1.82) is 0 Å². The maximum absolute atomic E-state index is 4.23. The Labute approximate surface area is 59.1 Å². The highest BCUT2D eigenvalue weighted by atomic mass is 32.1. The largest absolute Gasteiger partial charge is 0.242 e. The number of nitrogens with zero attached hydrogens (tertiary/aromatic N) is 1. The van der Waals surface area contributed by atoms with Crippen molar-refractivity contribution < 1.29 is 0 Å². The van der Waals surface area contributed by atoms with Crippen LogP contribution in [0.3, 0.4) is 0 Å². The lowest BCUT2D eigenvalue weighted by atomic mass is 10.4. The maximum atomic E-state index is 4.23. The second-order valence-electron chi connectivity index (χ2n) is 1.90. The number of hydrogen-bond acceptors (Lipinski definition) is 2. The van der Waals surface area contributed by atoms with Crippen LogP contribution in [0.1, 0.15) is 15.6 Å². The highest BCUT2D eigenvalue weighted by Crippen LogP contribution is 2.16. The molecular formula is C7H9NS. The van der Waals surface area contributed by atoms with Gasteiger partial charge < -0.3 is 0 Å². The highest BCUT2D eigenvalue weighted by Gasteiger charge is 1.97. The Morgan fingerprint density at radius 1 is 1.56 bits per heavy atom. The SMILES string of the molecule is C=Cc1nc(C)c(C)s1. The van der Waals surface area contributed by atoms with Gasteiger partial charge in [0, 0.05) is 4.88 Å². The molecule has 0 aliphatic carbocycles. The van der Waals surface area contributed by atoms with Crippen LogP contribution in [0, 0.1) is 13.8 Å². The second kappa shape index (κ2) is 2.31. The first-order chi connectivity index (χ1) is 4.24. The third-order valence-electron chi connectivity index (χ3n) is 1.22. The normalized spacial score (nSPS) is 9.56. The number of rotatable bonds is 1. The summed E-state index contributed by atoms with van der Waals surface area (Å²) in [6.07, 6.45) is 1.78. The zero-order valence-electron chi connectivity index (χ0n) is 5.64. The molecule has 1 aromatic rings. The van der Waals surface area contributed by atoms with E-state index in [0.717, 1.165) is 10.7 Å². The number of aromatic nitrogens is 1. The third-order valence-corrected chi connectivity index (χ3v) is 2.29. The van der Waals surface area contributed by atoms with Gasteiger partial charge >= 0.3 is 0 Å². The average Bonchev–Trinajstić information content (AvgIpc) is 2.13. The van der Waals surface area contributed by atoms with Gasteiger partial charge in [-0.05, 0) is 19.9 Å². The van der Waals surface area contributed by atoms with Gasteiger partial charge in [0.2, 0.25) is 0 Å². The Kier molecular flexibility index (Phi) is 1.67. The van der Waals surface area contributed by atoms with E-state index in [9.17, 15) is 0 Å². The Hall–Kier alpha value is -0.630. The lowest BCUT2D eigenvalue weighted by Crippen LogP contribution is -1.71. The van der Waals surface area contributed by atoms with E-state index in [0.29, 0.717) is 0 Å². The van der Waals surface area contributed by atoms with Crippen LogP contribution in [0.5, 0.6) is 0 Å². The molecule has 0 fully saturated rings. The summed E-state index contributed by atoms with van der Waals surface area (Å²) in [6.45, 7) is 7.72. The van der Waals surface area contributed by atoms with E-state index in [1.165, 1.54) is 4.88 Å². The monoisotopic (exact) mass is 139 g/mol. The molecule has 0 spiro atoms. The molecule has 0 saturated heterocycles. The van der Waals surface area contributed by atoms with Gasteiger partial charge in [-0.25, -0.2) is 4.98 Å². The fraction of sp³-hybridized carbons (Fsp3) is 0.286. The first kappa shape index (κ1) is 6.49. The van der Waals surface area contributed by atoms with E-state index < -0.39 is 0 Å². The molecule has 0 aliphatic heterocycles. The lowest BCUT2D eigenvalue weighted by Gasteiger charge is -1.77. The first-order valence-electron chi connectivity index (χ1n) is 2.80. The summed E-state index contributed by atoms with van der Waals surface area (Å²) in [4.78, 5) is 5.51. The standard InChI is InChI=1S/C7H9NS/c1-4-7-8-5(2)6(3)9-7/h4H,1H2,2-3H3. The summed E-state index contributed by atoms with van der Waals surface area (Å²) in [5, 5.41) is 1.02. The fourth-order valence-corrected chi connectivity index (χ4v) is 1.36. The zero-order valence-corrected chi connectivity index (χ0v) is 6.46. The van der Waals surface area contributed by atoms with Crippen LogP contribution in [-0.2, 0) is 0 Å². The third kappa shape index (κ3) is 1.19. The van der Waals surface area contributed by atoms with Crippen molar-refractivity contribution in [3.05, 3.63) is 22.2 Å². The molecule has 2 heteroatoms. The predicted octanol–water partition coefficient (Wildman–Crippen LogP) is 2.40. The van der Waals surface area contributed by atoms with Crippen molar-refractivity contribution in [2.75, 3.05) is 0 Å². The molecular weight excluding hydrogens is 130 g/mol. The van der Waals surface area contributed by atoms with E-state index in [2.05, 4.69) is 18.5 Å². The molecule has 0 amide bonds. The number of aryl methyl sites for hydroxylation is 2. The van der Waals surface area contributed by atoms with Crippen LogP contribution in [0.4, 0.5) is 0 Å². The molecule has 0 aromatic carbocycles. The van der Waals surface area contributed by atoms with Gasteiger partial charge in [-0.1, -0.05) is 6.58 Å². The van der Waals surface area contributed by atoms with Crippen molar-refractivity contribution in [3.8, 4) is 0 Å². The highest BCUT2D eigenvalue weighted by molar-refractivity contribution is 7.12. The smallest absolute Gasteiger partial charge is 0.115 e. The average molecular weight is 139 g/mol. The van der Waals surface area contributed by atoms with Gasteiger partial charge in [0.25, 0.3) is 0 Å². The van der Waals surface area contributed by atoms with Crippen molar-refractivity contribution in [1.82, 2.24) is 4.98 Å². The predicted molar refractivity (Wildman–Crippen MR) is 41.7 cm³/mol. The van der Waals surface area contributed by atoms with E-state index >= 15 is 0 Å². The topological polar surface area (TPSA) is 12.9 Å². The van der Waals surface area contributed by atoms with Gasteiger partial charge in [0.15, 0.2) is 0 Å². The summed E-state index contributed by atoms with van der Waals surface area (Å²) in [5.41, 5.74) is 1.12. The summed E-state index contributed by atoms with van der Waals surface area (Å²) in [5.74, 6) is 0. The molecule has 48 valence electrons.